The number of hydrogen-bond donors (Lipinski definition) is 1. The van der Waals surface area contributed by atoms with Crippen molar-refractivity contribution >= 4 is 0 Å². The summed E-state index contributed by atoms with van der Waals surface area (Å²) in [5.74, 6) is 0. The number of nitrogens with two attached hydrogens (primary N) is 1. The lowest BCUT2D eigenvalue weighted by atomic mass is 10.1. The molecule has 76 valence electrons. The van der Waals surface area contributed by atoms with Crippen molar-refractivity contribution in [3.63, 3.8) is 0 Å². The van der Waals surface area contributed by atoms with Gasteiger partial charge in [0.2, 0.25) is 0 Å². The van der Waals surface area contributed by atoms with E-state index in [4.69, 9.17) is 5.73 Å². The van der Waals surface area contributed by atoms with Gasteiger partial charge in [0.15, 0.2) is 0 Å². The first-order chi connectivity index (χ1) is 7.27. The van der Waals surface area contributed by atoms with Crippen LogP contribution in [0.15, 0.2) is 36.9 Å². The normalized spacial score (nSPS) is 12.4. The summed E-state index contributed by atoms with van der Waals surface area (Å²) >= 11 is 0. The highest BCUT2D eigenvalue weighted by Gasteiger charge is 2.11. The summed E-state index contributed by atoms with van der Waals surface area (Å²) in [5.41, 5.74) is 8.71. The predicted octanol–water partition coefficient (Wildman–Crippen LogP) is 1.23. The lowest BCUT2D eigenvalue weighted by Crippen LogP contribution is -2.15. The summed E-state index contributed by atoms with van der Waals surface area (Å²) < 4.78 is 0. The van der Waals surface area contributed by atoms with Gasteiger partial charge in [-0.1, -0.05) is 0 Å². The Morgan fingerprint density at radius 1 is 1.13 bits per heavy atom. The molecule has 0 saturated carbocycles. The zero-order valence-corrected chi connectivity index (χ0v) is 8.46. The zero-order chi connectivity index (χ0) is 10.7. The SMILES string of the molecule is Cc1ccnc(C(N)c2cnccn2)c1. The first-order valence-electron chi connectivity index (χ1n) is 4.71. The minimum atomic E-state index is -0.307. The third kappa shape index (κ3) is 2.16. The van der Waals surface area contributed by atoms with Crippen molar-refractivity contribution in [1.29, 1.82) is 0 Å². The molecule has 4 heteroatoms. The van der Waals surface area contributed by atoms with Crippen molar-refractivity contribution < 1.29 is 0 Å². The first kappa shape index (κ1) is 9.73. The summed E-state index contributed by atoms with van der Waals surface area (Å²) in [6.07, 6.45) is 6.67. The van der Waals surface area contributed by atoms with Gasteiger partial charge < -0.3 is 5.73 Å². The molecule has 2 aromatic heterocycles. The van der Waals surface area contributed by atoms with Crippen LogP contribution in [0.5, 0.6) is 0 Å². The summed E-state index contributed by atoms with van der Waals surface area (Å²) in [6, 6.07) is 3.59. The second-order valence-electron chi connectivity index (χ2n) is 3.37. The molecule has 0 saturated heterocycles. The van der Waals surface area contributed by atoms with Crippen molar-refractivity contribution in [1.82, 2.24) is 15.0 Å². The Hall–Kier alpha value is -1.81. The van der Waals surface area contributed by atoms with Crippen molar-refractivity contribution in [2.45, 2.75) is 13.0 Å². The number of aryl methyl sites for hydroxylation is 1. The Kier molecular flexibility index (Phi) is 2.69. The zero-order valence-electron chi connectivity index (χ0n) is 8.46. The fourth-order valence-corrected chi connectivity index (χ4v) is 1.35. The summed E-state index contributed by atoms with van der Waals surface area (Å²) in [5, 5.41) is 0. The van der Waals surface area contributed by atoms with Crippen LogP contribution in [0.3, 0.4) is 0 Å². The summed E-state index contributed by atoms with van der Waals surface area (Å²) in [6.45, 7) is 2.01. The number of nitrogens with zero attached hydrogens (tertiary/aromatic N) is 3. The Labute approximate surface area is 88.2 Å². The van der Waals surface area contributed by atoms with Gasteiger partial charge in [0, 0.05) is 18.6 Å². The van der Waals surface area contributed by atoms with E-state index in [2.05, 4.69) is 15.0 Å². The van der Waals surface area contributed by atoms with Gasteiger partial charge in [-0.05, 0) is 24.6 Å². The minimum Gasteiger partial charge on any atom is -0.318 e. The van der Waals surface area contributed by atoms with Crippen LogP contribution in [0.2, 0.25) is 0 Å². The molecular weight excluding hydrogens is 188 g/mol. The Morgan fingerprint density at radius 3 is 2.60 bits per heavy atom. The molecule has 2 aromatic rings. The molecule has 0 aliphatic heterocycles. The first-order valence-corrected chi connectivity index (χ1v) is 4.71. The fraction of sp³-hybridized carbons (Fsp3) is 0.182. The van der Waals surface area contributed by atoms with Crippen LogP contribution in [0.1, 0.15) is 23.0 Å². The maximum Gasteiger partial charge on any atom is 0.0915 e. The average Bonchev–Trinajstić information content (AvgIpc) is 2.29. The Bertz CT molecular complexity index is 441. The second-order valence-corrected chi connectivity index (χ2v) is 3.37. The molecule has 0 spiro atoms. The largest absolute Gasteiger partial charge is 0.318 e. The minimum absolute atomic E-state index is 0.307. The van der Waals surface area contributed by atoms with E-state index < -0.39 is 0 Å². The maximum absolute atomic E-state index is 6.02. The lowest BCUT2D eigenvalue weighted by Gasteiger charge is -2.09. The molecule has 1 unspecified atom stereocenters. The van der Waals surface area contributed by atoms with Crippen LogP contribution >= 0.6 is 0 Å². The molecule has 0 aromatic carbocycles. The molecule has 1 atom stereocenters. The highest BCUT2D eigenvalue weighted by molar-refractivity contribution is 5.23. The molecule has 15 heavy (non-hydrogen) atoms. The van der Waals surface area contributed by atoms with Crippen molar-refractivity contribution in [3.8, 4) is 0 Å². The molecule has 0 aliphatic carbocycles. The molecule has 0 amide bonds. The summed E-state index contributed by atoms with van der Waals surface area (Å²) in [7, 11) is 0. The number of aromatic nitrogens is 3. The molecule has 2 N–H and O–H groups in total. The topological polar surface area (TPSA) is 64.7 Å². The number of hydrogen-bond acceptors (Lipinski definition) is 4. The molecule has 0 fully saturated rings. The van der Waals surface area contributed by atoms with Crippen molar-refractivity contribution in [3.05, 3.63) is 53.9 Å². The number of pyridine rings is 1. The van der Waals surface area contributed by atoms with Crippen LogP contribution in [-0.2, 0) is 0 Å². The van der Waals surface area contributed by atoms with Crippen LogP contribution in [0.4, 0.5) is 0 Å². The molecular formula is C11H12N4. The average molecular weight is 200 g/mol. The van der Waals surface area contributed by atoms with Crippen molar-refractivity contribution in [2.24, 2.45) is 5.73 Å². The van der Waals surface area contributed by atoms with Gasteiger partial charge in [0.25, 0.3) is 0 Å². The quantitative estimate of drug-likeness (QED) is 0.791. The Balaban J connectivity index is 2.32. The predicted molar refractivity (Wildman–Crippen MR) is 57.0 cm³/mol. The van der Waals surface area contributed by atoms with E-state index in [1.54, 1.807) is 24.8 Å². The highest BCUT2D eigenvalue weighted by Crippen LogP contribution is 2.14. The standard InChI is InChI=1S/C11H12N4/c1-8-2-3-14-9(6-8)11(12)10-7-13-4-5-15-10/h2-7,11H,12H2,1H3. The molecule has 2 rings (SSSR count). The van der Waals surface area contributed by atoms with Crippen LogP contribution in [-0.4, -0.2) is 15.0 Å². The fourth-order valence-electron chi connectivity index (χ4n) is 1.35. The van der Waals surface area contributed by atoms with Gasteiger partial charge in [-0.25, -0.2) is 0 Å². The van der Waals surface area contributed by atoms with Gasteiger partial charge in [0.1, 0.15) is 0 Å². The number of rotatable bonds is 2. The van der Waals surface area contributed by atoms with Gasteiger partial charge in [-0.3, -0.25) is 15.0 Å². The van der Waals surface area contributed by atoms with E-state index in [1.807, 2.05) is 19.1 Å². The summed E-state index contributed by atoms with van der Waals surface area (Å²) in [4.78, 5) is 12.4. The van der Waals surface area contributed by atoms with Gasteiger partial charge >= 0.3 is 0 Å². The molecule has 0 radical (unpaired) electrons. The van der Waals surface area contributed by atoms with Crippen molar-refractivity contribution in [2.75, 3.05) is 0 Å². The Morgan fingerprint density at radius 2 is 1.93 bits per heavy atom. The smallest absolute Gasteiger partial charge is 0.0915 e. The van der Waals surface area contributed by atoms with E-state index in [-0.39, 0.29) is 6.04 Å². The van der Waals surface area contributed by atoms with E-state index in [0.717, 1.165) is 17.0 Å². The maximum atomic E-state index is 6.02. The van der Waals surface area contributed by atoms with E-state index in [0.29, 0.717) is 0 Å². The third-order valence-corrected chi connectivity index (χ3v) is 2.16. The van der Waals surface area contributed by atoms with E-state index in [1.165, 1.54) is 0 Å². The second kappa shape index (κ2) is 4.14. The van der Waals surface area contributed by atoms with E-state index >= 15 is 0 Å². The molecule has 4 nitrogen and oxygen atoms in total. The van der Waals surface area contributed by atoms with Crippen LogP contribution in [0.25, 0.3) is 0 Å². The van der Waals surface area contributed by atoms with Gasteiger partial charge in [0.05, 0.1) is 23.6 Å². The third-order valence-electron chi connectivity index (χ3n) is 2.16. The molecule has 2 heterocycles. The van der Waals surface area contributed by atoms with E-state index in [9.17, 15) is 0 Å². The highest BCUT2D eigenvalue weighted by atomic mass is 14.9. The van der Waals surface area contributed by atoms with Crippen LogP contribution < -0.4 is 5.73 Å². The van der Waals surface area contributed by atoms with Gasteiger partial charge in [-0.15, -0.1) is 0 Å². The molecule has 0 bridgehead atoms. The molecule has 0 aliphatic rings. The van der Waals surface area contributed by atoms with Gasteiger partial charge in [-0.2, -0.15) is 0 Å². The monoisotopic (exact) mass is 200 g/mol. The lowest BCUT2D eigenvalue weighted by molar-refractivity contribution is 0.784. The van der Waals surface area contributed by atoms with Crippen LogP contribution in [0, 0.1) is 6.92 Å².